The third kappa shape index (κ3) is 5.17. The zero-order chi connectivity index (χ0) is 17.5. The van der Waals surface area contributed by atoms with E-state index in [0.717, 1.165) is 35.5 Å². The number of halogens is 1. The lowest BCUT2D eigenvalue weighted by Crippen LogP contribution is -2.14. The van der Waals surface area contributed by atoms with Gasteiger partial charge in [-0.3, -0.25) is 0 Å². The smallest absolute Gasteiger partial charge is 0.161 e. The molecule has 0 aliphatic heterocycles. The van der Waals surface area contributed by atoms with Crippen LogP contribution >= 0.6 is 12.4 Å². The van der Waals surface area contributed by atoms with Crippen molar-refractivity contribution in [2.45, 2.75) is 37.7 Å². The molecule has 0 heterocycles. The molecule has 1 saturated carbocycles. The van der Waals surface area contributed by atoms with E-state index in [1.165, 1.54) is 12.8 Å². The summed E-state index contributed by atoms with van der Waals surface area (Å²) in [6.07, 6.45) is 4.99. The van der Waals surface area contributed by atoms with Crippen LogP contribution in [0.5, 0.6) is 11.5 Å². The van der Waals surface area contributed by atoms with Gasteiger partial charge in [0.1, 0.15) is 0 Å². The van der Waals surface area contributed by atoms with E-state index in [4.69, 9.17) is 15.2 Å². The van der Waals surface area contributed by atoms with E-state index in [2.05, 4.69) is 11.8 Å². The summed E-state index contributed by atoms with van der Waals surface area (Å²) in [7, 11) is 1.67. The molecule has 138 valence electrons. The molecule has 1 unspecified atom stereocenters. The molecule has 0 bridgehead atoms. The first-order chi connectivity index (χ1) is 12.3. The topological polar surface area (TPSA) is 44.5 Å². The van der Waals surface area contributed by atoms with Gasteiger partial charge in [0.25, 0.3) is 0 Å². The van der Waals surface area contributed by atoms with Crippen LogP contribution in [-0.2, 0) is 0 Å². The molecule has 0 aromatic heterocycles. The van der Waals surface area contributed by atoms with Gasteiger partial charge in [0.15, 0.2) is 11.5 Å². The van der Waals surface area contributed by atoms with Crippen molar-refractivity contribution < 1.29 is 9.47 Å². The summed E-state index contributed by atoms with van der Waals surface area (Å²) >= 11 is 0. The summed E-state index contributed by atoms with van der Waals surface area (Å²) in [6, 6.07) is 16.0. The highest BCUT2D eigenvalue weighted by atomic mass is 35.5. The van der Waals surface area contributed by atoms with Crippen LogP contribution in [-0.4, -0.2) is 19.8 Å². The van der Waals surface area contributed by atoms with Gasteiger partial charge in [-0.15, -0.1) is 12.4 Å². The zero-order valence-corrected chi connectivity index (χ0v) is 15.9. The van der Waals surface area contributed by atoms with Gasteiger partial charge in [0.05, 0.1) is 19.1 Å². The quantitative estimate of drug-likeness (QED) is 0.785. The number of hydrogen-bond acceptors (Lipinski definition) is 3. The van der Waals surface area contributed by atoms with Crippen molar-refractivity contribution in [2.24, 2.45) is 5.73 Å². The van der Waals surface area contributed by atoms with Crippen LogP contribution < -0.4 is 15.2 Å². The predicted octanol–water partition coefficient (Wildman–Crippen LogP) is 4.53. The third-order valence-corrected chi connectivity index (χ3v) is 4.59. The number of benzene rings is 2. The number of ether oxygens (including phenoxy) is 2. The Balaban J connectivity index is 0.00000243. The van der Waals surface area contributed by atoms with Crippen LogP contribution in [0.2, 0.25) is 0 Å². The molecular formula is C22H26ClNO2. The van der Waals surface area contributed by atoms with Crippen molar-refractivity contribution in [2.75, 3.05) is 13.7 Å². The molecule has 1 fully saturated rings. The normalized spacial score (nSPS) is 14.7. The van der Waals surface area contributed by atoms with Crippen LogP contribution in [0.3, 0.4) is 0 Å². The molecule has 4 heteroatoms. The second-order valence-corrected chi connectivity index (χ2v) is 6.36. The van der Waals surface area contributed by atoms with Gasteiger partial charge in [-0.1, -0.05) is 36.1 Å². The van der Waals surface area contributed by atoms with Crippen molar-refractivity contribution in [1.29, 1.82) is 0 Å². The number of methoxy groups -OCH3 is 1. The van der Waals surface area contributed by atoms with Gasteiger partial charge in [-0.2, -0.15) is 0 Å². The molecular weight excluding hydrogens is 346 g/mol. The van der Waals surface area contributed by atoms with Crippen molar-refractivity contribution in [3.8, 4) is 23.3 Å². The summed E-state index contributed by atoms with van der Waals surface area (Å²) in [5.41, 5.74) is 8.04. The fourth-order valence-corrected chi connectivity index (χ4v) is 3.16. The van der Waals surface area contributed by atoms with E-state index in [1.807, 2.05) is 48.5 Å². The number of nitrogens with two attached hydrogens (primary N) is 1. The maximum Gasteiger partial charge on any atom is 0.161 e. The standard InChI is InChI=1S/C22H25NO2.ClH/c1-24-21-14-13-18(15-22(21)25-20-9-5-6-10-20)19(16-23)12-11-17-7-3-2-4-8-17;/h2-4,7-8,13-15,19-20H,5-6,9-10,16,23H2,1H3;1H. The van der Waals surface area contributed by atoms with Crippen LogP contribution in [0.1, 0.15) is 42.7 Å². The van der Waals surface area contributed by atoms with Crippen LogP contribution in [0, 0.1) is 11.8 Å². The molecule has 0 amide bonds. The number of rotatable bonds is 5. The fourth-order valence-electron chi connectivity index (χ4n) is 3.16. The SMILES string of the molecule is COc1ccc(C(C#Cc2ccccc2)CN)cc1OC1CCCC1.Cl. The van der Waals surface area contributed by atoms with Gasteiger partial charge < -0.3 is 15.2 Å². The minimum absolute atomic E-state index is 0. The molecule has 2 aromatic carbocycles. The fraction of sp³-hybridized carbons (Fsp3) is 0.364. The van der Waals surface area contributed by atoms with Crippen LogP contribution in [0.25, 0.3) is 0 Å². The predicted molar refractivity (Wildman–Crippen MR) is 108 cm³/mol. The average molecular weight is 372 g/mol. The second-order valence-electron chi connectivity index (χ2n) is 6.36. The van der Waals surface area contributed by atoms with Crippen LogP contribution in [0.4, 0.5) is 0 Å². The molecule has 1 aliphatic carbocycles. The summed E-state index contributed by atoms with van der Waals surface area (Å²) in [5.74, 6) is 8.04. The monoisotopic (exact) mass is 371 g/mol. The van der Waals surface area contributed by atoms with E-state index >= 15 is 0 Å². The minimum atomic E-state index is -0.0305. The van der Waals surface area contributed by atoms with Gasteiger partial charge in [-0.25, -0.2) is 0 Å². The lowest BCUT2D eigenvalue weighted by Gasteiger charge is -2.18. The molecule has 3 nitrogen and oxygen atoms in total. The molecule has 3 rings (SSSR count). The van der Waals surface area contributed by atoms with Gasteiger partial charge >= 0.3 is 0 Å². The highest BCUT2D eigenvalue weighted by Crippen LogP contribution is 2.34. The first kappa shape index (κ1) is 20.2. The van der Waals surface area contributed by atoms with E-state index in [0.29, 0.717) is 6.54 Å². The van der Waals surface area contributed by atoms with Gasteiger partial charge in [0, 0.05) is 12.1 Å². The molecule has 2 aromatic rings. The largest absolute Gasteiger partial charge is 0.493 e. The van der Waals surface area contributed by atoms with Crippen LogP contribution in [0.15, 0.2) is 48.5 Å². The molecule has 0 saturated heterocycles. The van der Waals surface area contributed by atoms with Crippen molar-refractivity contribution in [1.82, 2.24) is 0 Å². The van der Waals surface area contributed by atoms with Crippen molar-refractivity contribution in [3.63, 3.8) is 0 Å². The lowest BCUT2D eigenvalue weighted by atomic mass is 9.98. The Morgan fingerprint density at radius 1 is 1.08 bits per heavy atom. The second kappa shape index (κ2) is 10.1. The first-order valence-corrected chi connectivity index (χ1v) is 8.91. The highest BCUT2D eigenvalue weighted by molar-refractivity contribution is 5.85. The van der Waals surface area contributed by atoms with Gasteiger partial charge in [-0.05, 0) is 55.5 Å². The molecule has 0 spiro atoms. The lowest BCUT2D eigenvalue weighted by molar-refractivity contribution is 0.200. The first-order valence-electron chi connectivity index (χ1n) is 8.91. The zero-order valence-electron chi connectivity index (χ0n) is 15.1. The minimum Gasteiger partial charge on any atom is -0.493 e. The number of hydrogen-bond donors (Lipinski definition) is 1. The molecule has 1 aliphatic rings. The summed E-state index contributed by atoms with van der Waals surface area (Å²) < 4.78 is 11.6. The Morgan fingerprint density at radius 3 is 2.46 bits per heavy atom. The van der Waals surface area contributed by atoms with E-state index < -0.39 is 0 Å². The summed E-state index contributed by atoms with van der Waals surface area (Å²) in [4.78, 5) is 0. The Bertz CT molecular complexity index is 746. The van der Waals surface area contributed by atoms with Gasteiger partial charge in [0.2, 0.25) is 0 Å². The average Bonchev–Trinajstić information content (AvgIpc) is 3.16. The molecule has 0 radical (unpaired) electrons. The molecule has 2 N–H and O–H groups in total. The van der Waals surface area contributed by atoms with E-state index in [9.17, 15) is 0 Å². The highest BCUT2D eigenvalue weighted by Gasteiger charge is 2.19. The maximum absolute atomic E-state index is 6.18. The van der Waals surface area contributed by atoms with E-state index in [1.54, 1.807) is 7.11 Å². The Morgan fingerprint density at radius 2 is 1.81 bits per heavy atom. The maximum atomic E-state index is 6.18. The molecule has 26 heavy (non-hydrogen) atoms. The Kier molecular flexibility index (Phi) is 7.84. The third-order valence-electron chi connectivity index (χ3n) is 4.59. The Labute approximate surface area is 162 Å². The molecule has 1 atom stereocenters. The van der Waals surface area contributed by atoms with Crippen molar-refractivity contribution in [3.05, 3.63) is 59.7 Å². The summed E-state index contributed by atoms with van der Waals surface area (Å²) in [5, 5.41) is 0. The van der Waals surface area contributed by atoms with Crippen molar-refractivity contribution >= 4 is 12.4 Å². The summed E-state index contributed by atoms with van der Waals surface area (Å²) in [6.45, 7) is 0.467. The Hall–Kier alpha value is -2.15. The van der Waals surface area contributed by atoms with E-state index in [-0.39, 0.29) is 24.4 Å².